The number of hydrogen-bond donors (Lipinski definition) is 1. The molecular weight excluding hydrogens is 466 g/mol. The van der Waals surface area contributed by atoms with Crippen molar-refractivity contribution in [1.29, 1.82) is 0 Å². The molecule has 0 aromatic heterocycles. The second-order valence-corrected chi connectivity index (χ2v) is 7.89. The minimum absolute atomic E-state index is 0.0183. The second-order valence-electron chi connectivity index (χ2n) is 6.12. The Hall–Kier alpha value is -1.93. The molecule has 0 aliphatic carbocycles. The molecule has 0 bridgehead atoms. The summed E-state index contributed by atoms with van der Waals surface area (Å²) in [7, 11) is 0. The molecule has 6 nitrogen and oxygen atoms in total. The van der Waals surface area contributed by atoms with Gasteiger partial charge < -0.3 is 10.2 Å². The fraction of sp³-hybridized carbons (Fsp3) is 0.278. The van der Waals surface area contributed by atoms with E-state index in [0.717, 1.165) is 14.6 Å². The van der Waals surface area contributed by atoms with Gasteiger partial charge in [0.05, 0.1) is 10.6 Å². The predicted molar refractivity (Wildman–Crippen MR) is 109 cm³/mol. The summed E-state index contributed by atoms with van der Waals surface area (Å²) in [5.74, 6) is -0.125. The van der Waals surface area contributed by atoms with Crippen LogP contribution in [0.5, 0.6) is 0 Å². The summed E-state index contributed by atoms with van der Waals surface area (Å²) in [6.45, 7) is 1.23. The zero-order valence-corrected chi connectivity index (χ0v) is 17.0. The first-order valence-electron chi connectivity index (χ1n) is 8.20. The Morgan fingerprint density at radius 2 is 1.85 bits per heavy atom. The topological polar surface area (TPSA) is 75.5 Å². The number of nitro groups is 1. The van der Waals surface area contributed by atoms with Crippen LogP contribution in [0.3, 0.4) is 0 Å². The summed E-state index contributed by atoms with van der Waals surface area (Å²) in [6.07, 6.45) is 1.32. The molecule has 1 aliphatic rings. The molecule has 8 heteroatoms. The largest absolute Gasteiger partial charge is 0.366 e. The normalized spacial score (nSPS) is 14.9. The fourth-order valence-corrected chi connectivity index (χ4v) is 4.24. The van der Waals surface area contributed by atoms with E-state index < -0.39 is 0 Å². The third-order valence-corrected chi connectivity index (χ3v) is 5.62. The van der Waals surface area contributed by atoms with E-state index in [1.807, 2.05) is 23.1 Å². The number of carbonyl (C=O) groups is 1. The highest BCUT2D eigenvalue weighted by Gasteiger charge is 2.28. The molecule has 1 aliphatic heterocycles. The van der Waals surface area contributed by atoms with Gasteiger partial charge in [0, 0.05) is 34.0 Å². The van der Waals surface area contributed by atoms with E-state index in [1.165, 1.54) is 6.07 Å². The van der Waals surface area contributed by atoms with Gasteiger partial charge in [-0.05, 0) is 53.0 Å². The quantitative estimate of drug-likeness (QED) is 0.492. The highest BCUT2D eigenvalue weighted by Crippen LogP contribution is 2.32. The number of carbonyl (C=O) groups excluding carboxylic acids is 1. The number of nitrogens with zero attached hydrogens (tertiary/aromatic N) is 2. The highest BCUT2D eigenvalue weighted by atomic mass is 79.9. The molecule has 1 heterocycles. The average molecular weight is 483 g/mol. The maximum atomic E-state index is 12.6. The van der Waals surface area contributed by atoms with Crippen LogP contribution in [0.2, 0.25) is 0 Å². The summed E-state index contributed by atoms with van der Waals surface area (Å²) < 4.78 is 1.75. The van der Waals surface area contributed by atoms with Crippen molar-refractivity contribution in [2.24, 2.45) is 5.92 Å². The summed E-state index contributed by atoms with van der Waals surface area (Å²) in [5, 5.41) is 14.2. The molecule has 0 spiro atoms. The van der Waals surface area contributed by atoms with Crippen LogP contribution in [0, 0.1) is 16.0 Å². The van der Waals surface area contributed by atoms with E-state index in [0.29, 0.717) is 31.6 Å². The second kappa shape index (κ2) is 8.18. The van der Waals surface area contributed by atoms with Gasteiger partial charge >= 0.3 is 0 Å². The molecule has 3 rings (SSSR count). The molecule has 2 aromatic carbocycles. The first kappa shape index (κ1) is 18.8. The van der Waals surface area contributed by atoms with Crippen LogP contribution in [-0.2, 0) is 4.79 Å². The van der Waals surface area contributed by atoms with Crippen molar-refractivity contribution < 1.29 is 9.72 Å². The van der Waals surface area contributed by atoms with E-state index in [4.69, 9.17) is 0 Å². The summed E-state index contributed by atoms with van der Waals surface area (Å²) in [6, 6.07) is 12.3. The smallest absolute Gasteiger partial charge is 0.292 e. The van der Waals surface area contributed by atoms with Gasteiger partial charge in [-0.2, -0.15) is 0 Å². The molecule has 1 amide bonds. The van der Waals surface area contributed by atoms with Gasteiger partial charge in [-0.25, -0.2) is 0 Å². The molecule has 136 valence electrons. The van der Waals surface area contributed by atoms with E-state index in [-0.39, 0.29) is 22.4 Å². The summed E-state index contributed by atoms with van der Waals surface area (Å²) in [4.78, 5) is 25.4. The maximum Gasteiger partial charge on any atom is 0.292 e. The zero-order valence-electron chi connectivity index (χ0n) is 13.8. The lowest BCUT2D eigenvalue weighted by molar-refractivity contribution is -0.384. The Bertz CT molecular complexity index is 836. The molecular formula is C18H17Br2N3O3. The molecule has 1 saturated heterocycles. The van der Waals surface area contributed by atoms with Gasteiger partial charge in [0.15, 0.2) is 0 Å². The molecule has 0 atom stereocenters. The molecule has 1 N–H and O–H groups in total. The lowest BCUT2D eigenvalue weighted by atomic mass is 9.95. The third kappa shape index (κ3) is 4.24. The van der Waals surface area contributed by atoms with E-state index in [9.17, 15) is 14.9 Å². The average Bonchev–Trinajstić information content (AvgIpc) is 2.64. The van der Waals surface area contributed by atoms with Crippen molar-refractivity contribution in [1.82, 2.24) is 0 Å². The van der Waals surface area contributed by atoms with Crippen LogP contribution < -0.4 is 10.2 Å². The van der Waals surface area contributed by atoms with Gasteiger partial charge in [0.2, 0.25) is 5.91 Å². The first-order chi connectivity index (χ1) is 12.5. The van der Waals surface area contributed by atoms with Crippen LogP contribution in [-0.4, -0.2) is 23.9 Å². The van der Waals surface area contributed by atoms with Crippen LogP contribution in [0.4, 0.5) is 17.1 Å². The number of hydrogen-bond acceptors (Lipinski definition) is 4. The van der Waals surface area contributed by atoms with Gasteiger partial charge in [-0.3, -0.25) is 14.9 Å². The third-order valence-electron chi connectivity index (χ3n) is 4.47. The molecule has 1 fully saturated rings. The Balaban J connectivity index is 1.63. The minimum Gasteiger partial charge on any atom is -0.366 e. The lowest BCUT2D eigenvalue weighted by Crippen LogP contribution is -2.38. The van der Waals surface area contributed by atoms with Crippen LogP contribution >= 0.6 is 31.9 Å². The van der Waals surface area contributed by atoms with Gasteiger partial charge in [-0.1, -0.05) is 28.1 Å². The van der Waals surface area contributed by atoms with Crippen molar-refractivity contribution in [3.63, 3.8) is 0 Å². The number of rotatable bonds is 4. The van der Waals surface area contributed by atoms with Crippen LogP contribution in [0.1, 0.15) is 12.8 Å². The van der Waals surface area contributed by atoms with E-state index >= 15 is 0 Å². The molecule has 0 radical (unpaired) electrons. The van der Waals surface area contributed by atoms with Crippen LogP contribution in [0.15, 0.2) is 51.4 Å². The van der Waals surface area contributed by atoms with Crippen LogP contribution in [0.25, 0.3) is 0 Å². The first-order valence-corrected chi connectivity index (χ1v) is 9.78. The number of amides is 1. The Morgan fingerprint density at radius 1 is 1.15 bits per heavy atom. The van der Waals surface area contributed by atoms with Crippen molar-refractivity contribution in [3.05, 3.63) is 61.5 Å². The summed E-state index contributed by atoms with van der Waals surface area (Å²) >= 11 is 6.83. The monoisotopic (exact) mass is 481 g/mol. The SMILES string of the molecule is O=C(Nc1ccc(Br)cc1Br)C1CCN(c2ccccc2[N+](=O)[O-])CC1. The van der Waals surface area contributed by atoms with Gasteiger partial charge in [0.25, 0.3) is 5.69 Å². The predicted octanol–water partition coefficient (Wildman–Crippen LogP) is 4.97. The zero-order chi connectivity index (χ0) is 18.7. The minimum atomic E-state index is -0.362. The van der Waals surface area contributed by atoms with Crippen molar-refractivity contribution >= 4 is 54.8 Å². The number of halogens is 2. The number of nitrogens with one attached hydrogen (secondary N) is 1. The molecule has 0 saturated carbocycles. The molecule has 26 heavy (non-hydrogen) atoms. The number of anilines is 2. The maximum absolute atomic E-state index is 12.6. The number of para-hydroxylation sites is 2. The number of benzene rings is 2. The van der Waals surface area contributed by atoms with Crippen molar-refractivity contribution in [3.8, 4) is 0 Å². The van der Waals surface area contributed by atoms with E-state index in [2.05, 4.69) is 37.2 Å². The molecule has 2 aromatic rings. The Kier molecular flexibility index (Phi) is 5.93. The van der Waals surface area contributed by atoms with Crippen molar-refractivity contribution in [2.45, 2.75) is 12.8 Å². The summed E-state index contributed by atoms with van der Waals surface area (Å²) in [5.41, 5.74) is 1.46. The Labute approximate surface area is 168 Å². The van der Waals surface area contributed by atoms with Crippen molar-refractivity contribution in [2.75, 3.05) is 23.3 Å². The van der Waals surface area contributed by atoms with Gasteiger partial charge in [0.1, 0.15) is 5.69 Å². The number of nitro benzene ring substituents is 1. The fourth-order valence-electron chi connectivity index (χ4n) is 3.09. The standard InChI is InChI=1S/C18H17Br2N3O3/c19-13-5-6-15(14(20)11-13)21-18(24)12-7-9-22(10-8-12)16-3-1-2-4-17(16)23(25)26/h1-6,11-12H,7-10H2,(H,21,24). The Morgan fingerprint density at radius 3 is 2.50 bits per heavy atom. The molecule has 0 unspecified atom stereocenters. The lowest BCUT2D eigenvalue weighted by Gasteiger charge is -2.32. The van der Waals surface area contributed by atoms with E-state index in [1.54, 1.807) is 18.2 Å². The highest BCUT2D eigenvalue weighted by molar-refractivity contribution is 9.11. The number of piperidine rings is 1. The van der Waals surface area contributed by atoms with Gasteiger partial charge in [-0.15, -0.1) is 0 Å².